The highest BCUT2D eigenvalue weighted by molar-refractivity contribution is 7.03. The Labute approximate surface area is 110 Å². The van der Waals surface area contributed by atoms with Gasteiger partial charge >= 0.3 is 0 Å². The van der Waals surface area contributed by atoms with Crippen LogP contribution in [0.25, 0.3) is 0 Å². The molecule has 18 heavy (non-hydrogen) atoms. The number of ether oxygens (including phenoxy) is 2. The molecule has 0 spiro atoms. The predicted octanol–water partition coefficient (Wildman–Crippen LogP) is 1.85. The van der Waals surface area contributed by atoms with E-state index in [1.807, 2.05) is 23.6 Å². The van der Waals surface area contributed by atoms with Gasteiger partial charge in [0, 0.05) is 18.5 Å². The summed E-state index contributed by atoms with van der Waals surface area (Å²) in [6.45, 7) is 1.46. The summed E-state index contributed by atoms with van der Waals surface area (Å²) in [5.41, 5.74) is 2.09. The monoisotopic (exact) mass is 265 g/mol. The zero-order chi connectivity index (χ0) is 12.8. The second kappa shape index (κ2) is 6.32. The Morgan fingerprint density at radius 1 is 1.17 bits per heavy atom. The van der Waals surface area contributed by atoms with Gasteiger partial charge in [0.25, 0.3) is 0 Å². The SMILES string of the molecule is COc1ccc(CNCc2csnn2)cc1OC. The molecule has 0 fully saturated rings. The Balaban J connectivity index is 1.93. The van der Waals surface area contributed by atoms with Crippen molar-refractivity contribution in [3.05, 3.63) is 34.8 Å². The molecule has 1 N–H and O–H groups in total. The van der Waals surface area contributed by atoms with Crippen molar-refractivity contribution in [3.63, 3.8) is 0 Å². The fourth-order valence-electron chi connectivity index (χ4n) is 1.59. The second-order valence-corrected chi connectivity index (χ2v) is 4.30. The molecule has 0 saturated carbocycles. The van der Waals surface area contributed by atoms with Crippen LogP contribution in [0.3, 0.4) is 0 Å². The molecule has 0 bridgehead atoms. The third kappa shape index (κ3) is 3.18. The van der Waals surface area contributed by atoms with Crippen LogP contribution in [0.5, 0.6) is 11.5 Å². The lowest BCUT2D eigenvalue weighted by Crippen LogP contribution is -2.13. The van der Waals surface area contributed by atoms with Crippen LogP contribution in [-0.2, 0) is 13.1 Å². The van der Waals surface area contributed by atoms with Crippen molar-refractivity contribution in [1.29, 1.82) is 0 Å². The molecule has 0 unspecified atom stereocenters. The van der Waals surface area contributed by atoms with Crippen LogP contribution >= 0.6 is 11.5 Å². The lowest BCUT2D eigenvalue weighted by atomic mass is 10.2. The molecule has 0 aliphatic rings. The first-order valence-electron chi connectivity index (χ1n) is 5.51. The molecule has 0 aliphatic heterocycles. The minimum absolute atomic E-state index is 0.713. The molecule has 1 aromatic carbocycles. The first kappa shape index (κ1) is 12.8. The molecule has 5 nitrogen and oxygen atoms in total. The minimum Gasteiger partial charge on any atom is -0.493 e. The van der Waals surface area contributed by atoms with Gasteiger partial charge in [-0.3, -0.25) is 0 Å². The summed E-state index contributed by atoms with van der Waals surface area (Å²) in [5, 5.41) is 9.20. The summed E-state index contributed by atoms with van der Waals surface area (Å²) < 4.78 is 14.3. The highest BCUT2D eigenvalue weighted by Gasteiger charge is 2.04. The minimum atomic E-state index is 0.713. The molecule has 0 atom stereocenters. The highest BCUT2D eigenvalue weighted by Crippen LogP contribution is 2.27. The van der Waals surface area contributed by atoms with E-state index in [9.17, 15) is 0 Å². The largest absolute Gasteiger partial charge is 0.493 e. The molecule has 6 heteroatoms. The first-order valence-corrected chi connectivity index (χ1v) is 6.34. The van der Waals surface area contributed by atoms with Crippen LogP contribution in [-0.4, -0.2) is 23.8 Å². The van der Waals surface area contributed by atoms with Gasteiger partial charge in [-0.2, -0.15) is 0 Å². The Kier molecular flexibility index (Phi) is 4.49. The van der Waals surface area contributed by atoms with Crippen molar-refractivity contribution < 1.29 is 9.47 Å². The Bertz CT molecular complexity index is 488. The zero-order valence-corrected chi connectivity index (χ0v) is 11.2. The summed E-state index contributed by atoms with van der Waals surface area (Å²) in [4.78, 5) is 0. The summed E-state index contributed by atoms with van der Waals surface area (Å²) in [6.07, 6.45) is 0. The molecular weight excluding hydrogens is 250 g/mol. The third-order valence-electron chi connectivity index (χ3n) is 2.49. The van der Waals surface area contributed by atoms with E-state index in [-0.39, 0.29) is 0 Å². The van der Waals surface area contributed by atoms with Crippen LogP contribution in [0.4, 0.5) is 0 Å². The maximum atomic E-state index is 5.26. The van der Waals surface area contributed by atoms with E-state index in [2.05, 4.69) is 14.9 Å². The maximum absolute atomic E-state index is 5.26. The van der Waals surface area contributed by atoms with Gasteiger partial charge in [0.2, 0.25) is 0 Å². The van der Waals surface area contributed by atoms with Crippen LogP contribution in [0.2, 0.25) is 0 Å². The standard InChI is InChI=1S/C12H15N3O2S/c1-16-11-4-3-9(5-12(11)17-2)6-13-7-10-8-18-15-14-10/h3-5,8,13H,6-7H2,1-2H3. The van der Waals surface area contributed by atoms with Gasteiger partial charge in [0.15, 0.2) is 11.5 Å². The predicted molar refractivity (Wildman–Crippen MR) is 70.0 cm³/mol. The van der Waals surface area contributed by atoms with E-state index >= 15 is 0 Å². The Morgan fingerprint density at radius 3 is 2.67 bits per heavy atom. The molecule has 1 aromatic heterocycles. The van der Waals surface area contributed by atoms with E-state index in [0.29, 0.717) is 6.54 Å². The van der Waals surface area contributed by atoms with Crippen molar-refractivity contribution in [1.82, 2.24) is 14.9 Å². The topological polar surface area (TPSA) is 56.3 Å². The quantitative estimate of drug-likeness (QED) is 0.863. The number of nitrogens with one attached hydrogen (secondary N) is 1. The Morgan fingerprint density at radius 2 is 2.00 bits per heavy atom. The van der Waals surface area contributed by atoms with Gasteiger partial charge in [0.1, 0.15) is 0 Å². The smallest absolute Gasteiger partial charge is 0.161 e. The van der Waals surface area contributed by atoms with Gasteiger partial charge < -0.3 is 14.8 Å². The zero-order valence-electron chi connectivity index (χ0n) is 10.3. The van der Waals surface area contributed by atoms with E-state index in [0.717, 1.165) is 29.3 Å². The van der Waals surface area contributed by atoms with E-state index in [1.54, 1.807) is 14.2 Å². The summed E-state index contributed by atoms with van der Waals surface area (Å²) in [7, 11) is 3.26. The van der Waals surface area contributed by atoms with Gasteiger partial charge in [0.05, 0.1) is 19.9 Å². The lowest BCUT2D eigenvalue weighted by molar-refractivity contribution is 0.354. The number of aromatic nitrogens is 2. The van der Waals surface area contributed by atoms with Crippen LogP contribution in [0.15, 0.2) is 23.6 Å². The molecule has 96 valence electrons. The number of methoxy groups -OCH3 is 2. The van der Waals surface area contributed by atoms with Gasteiger partial charge in [-0.1, -0.05) is 10.6 Å². The molecule has 0 saturated heterocycles. The van der Waals surface area contributed by atoms with Gasteiger partial charge in [-0.05, 0) is 29.2 Å². The lowest BCUT2D eigenvalue weighted by Gasteiger charge is -2.09. The molecular formula is C12H15N3O2S. The Hall–Kier alpha value is -1.66. The average molecular weight is 265 g/mol. The molecule has 0 aliphatic carbocycles. The number of nitrogens with zero attached hydrogens (tertiary/aromatic N) is 2. The van der Waals surface area contributed by atoms with E-state index in [1.165, 1.54) is 11.5 Å². The third-order valence-corrected chi connectivity index (χ3v) is 3.04. The molecule has 2 rings (SSSR count). The number of hydrogen-bond donors (Lipinski definition) is 1. The van der Waals surface area contributed by atoms with Crippen molar-refractivity contribution in [2.45, 2.75) is 13.1 Å². The fourth-order valence-corrected chi connectivity index (χ4v) is 2.04. The number of rotatable bonds is 6. The normalized spacial score (nSPS) is 10.3. The second-order valence-electron chi connectivity index (χ2n) is 3.69. The van der Waals surface area contributed by atoms with Crippen LogP contribution in [0.1, 0.15) is 11.3 Å². The van der Waals surface area contributed by atoms with Crippen LogP contribution in [0, 0.1) is 0 Å². The van der Waals surface area contributed by atoms with E-state index in [4.69, 9.17) is 9.47 Å². The molecule has 0 radical (unpaired) electrons. The van der Waals surface area contributed by atoms with E-state index < -0.39 is 0 Å². The van der Waals surface area contributed by atoms with Gasteiger partial charge in [-0.15, -0.1) is 5.10 Å². The number of hydrogen-bond acceptors (Lipinski definition) is 6. The first-order chi connectivity index (χ1) is 8.83. The average Bonchev–Trinajstić information content (AvgIpc) is 2.91. The molecule has 0 amide bonds. The van der Waals surface area contributed by atoms with Crippen molar-refractivity contribution >= 4 is 11.5 Å². The van der Waals surface area contributed by atoms with Gasteiger partial charge in [-0.25, -0.2) is 0 Å². The maximum Gasteiger partial charge on any atom is 0.161 e. The molecule has 1 heterocycles. The molecule has 2 aromatic rings. The van der Waals surface area contributed by atoms with Crippen LogP contribution < -0.4 is 14.8 Å². The highest BCUT2D eigenvalue weighted by atomic mass is 32.1. The summed E-state index contributed by atoms with van der Waals surface area (Å²) >= 11 is 1.36. The van der Waals surface area contributed by atoms with Crippen molar-refractivity contribution in [3.8, 4) is 11.5 Å². The van der Waals surface area contributed by atoms with Crippen molar-refractivity contribution in [2.75, 3.05) is 14.2 Å². The number of benzene rings is 1. The van der Waals surface area contributed by atoms with Crippen molar-refractivity contribution in [2.24, 2.45) is 0 Å². The summed E-state index contributed by atoms with van der Waals surface area (Å²) in [6, 6.07) is 5.87. The summed E-state index contributed by atoms with van der Waals surface area (Å²) in [5.74, 6) is 1.48. The fraction of sp³-hybridized carbons (Fsp3) is 0.333.